The fraction of sp³-hybridized carbons (Fsp3) is 0.333. The van der Waals surface area contributed by atoms with E-state index in [0.29, 0.717) is 0 Å². The minimum absolute atomic E-state index is 0.0386. The summed E-state index contributed by atoms with van der Waals surface area (Å²) in [5.74, 6) is -0.685. The highest BCUT2D eigenvalue weighted by Crippen LogP contribution is 2.18. The van der Waals surface area contributed by atoms with Gasteiger partial charge in [0.25, 0.3) is 5.69 Å². The van der Waals surface area contributed by atoms with Crippen LogP contribution in [0.4, 0.5) is 10.5 Å². The summed E-state index contributed by atoms with van der Waals surface area (Å²) in [7, 11) is 0. The number of ether oxygens (including phenoxy) is 3. The number of non-ortho nitro benzene ring substituents is 1. The number of hydrogen-bond donors (Lipinski definition) is 1. The lowest BCUT2D eigenvalue weighted by Crippen LogP contribution is -2.47. The van der Waals surface area contributed by atoms with Gasteiger partial charge in [0.15, 0.2) is 6.04 Å². The Kier molecular flexibility index (Phi) is 7.88. The van der Waals surface area contributed by atoms with Crippen molar-refractivity contribution in [3.63, 3.8) is 0 Å². The summed E-state index contributed by atoms with van der Waals surface area (Å²) >= 11 is 0. The van der Waals surface area contributed by atoms with Crippen molar-refractivity contribution in [1.29, 1.82) is 0 Å². The normalized spacial score (nSPS) is 12.0. The molecule has 9 heteroatoms. The molecule has 1 amide bonds. The maximum atomic E-state index is 12.6. The molecule has 160 valence electrons. The minimum atomic E-state index is -1.14. The lowest BCUT2D eigenvalue weighted by Gasteiger charge is -2.24. The van der Waals surface area contributed by atoms with Gasteiger partial charge in [-0.15, -0.1) is 0 Å². The smallest absolute Gasteiger partial charge is 0.408 e. The first kappa shape index (κ1) is 22.8. The van der Waals surface area contributed by atoms with E-state index in [1.54, 1.807) is 32.9 Å². The number of nitro benzene ring substituents is 1. The molecule has 0 saturated carbocycles. The van der Waals surface area contributed by atoms with Crippen LogP contribution < -0.4 is 10.1 Å². The molecule has 0 aliphatic rings. The van der Waals surface area contributed by atoms with Crippen LogP contribution in [0.15, 0.2) is 54.6 Å². The summed E-state index contributed by atoms with van der Waals surface area (Å²) < 4.78 is 16.0. The summed E-state index contributed by atoms with van der Waals surface area (Å²) in [4.78, 5) is 34.9. The summed E-state index contributed by atoms with van der Waals surface area (Å²) in [6, 6.07) is 13.0. The Morgan fingerprint density at radius 2 is 1.70 bits per heavy atom. The van der Waals surface area contributed by atoms with Gasteiger partial charge in [0.1, 0.15) is 12.4 Å². The van der Waals surface area contributed by atoms with Crippen LogP contribution in [0.1, 0.15) is 26.3 Å². The van der Waals surface area contributed by atoms with E-state index in [-0.39, 0.29) is 24.7 Å². The van der Waals surface area contributed by atoms with Crippen LogP contribution in [0, 0.1) is 10.1 Å². The van der Waals surface area contributed by atoms with Gasteiger partial charge in [-0.2, -0.15) is 0 Å². The van der Waals surface area contributed by atoms with Gasteiger partial charge in [0.2, 0.25) is 0 Å². The molecule has 0 unspecified atom stereocenters. The highest BCUT2D eigenvalue weighted by atomic mass is 16.6. The maximum absolute atomic E-state index is 12.6. The number of nitrogens with one attached hydrogen (secondary N) is 1. The number of carbonyl (C=O) groups excluding carboxylic acids is 2. The molecule has 9 nitrogen and oxygen atoms in total. The molecule has 1 N–H and O–H groups in total. The van der Waals surface area contributed by atoms with Crippen LogP contribution in [-0.4, -0.2) is 35.2 Å². The first-order chi connectivity index (χ1) is 14.1. The van der Waals surface area contributed by atoms with E-state index in [0.717, 1.165) is 5.56 Å². The van der Waals surface area contributed by atoms with Gasteiger partial charge < -0.3 is 19.5 Å². The second-order valence-electron chi connectivity index (χ2n) is 7.35. The van der Waals surface area contributed by atoms with Crippen LogP contribution in [0.2, 0.25) is 0 Å². The largest absolute Gasteiger partial charge is 0.445 e. The number of rotatable bonds is 8. The molecule has 0 spiro atoms. The Bertz CT molecular complexity index is 861. The molecule has 2 rings (SSSR count). The molecule has 0 aromatic heterocycles. The summed E-state index contributed by atoms with van der Waals surface area (Å²) in [5, 5.41) is 13.2. The van der Waals surface area contributed by atoms with E-state index in [2.05, 4.69) is 5.32 Å². The van der Waals surface area contributed by atoms with Gasteiger partial charge >= 0.3 is 12.1 Å². The topological polar surface area (TPSA) is 117 Å². The van der Waals surface area contributed by atoms with Crippen LogP contribution in [0.5, 0.6) is 5.75 Å². The lowest BCUT2D eigenvalue weighted by atomic mass is 10.2. The Morgan fingerprint density at radius 3 is 2.27 bits per heavy atom. The number of amides is 1. The molecule has 30 heavy (non-hydrogen) atoms. The van der Waals surface area contributed by atoms with E-state index in [1.165, 1.54) is 24.3 Å². The first-order valence-electron chi connectivity index (χ1n) is 9.21. The molecular formula is C21H24N2O7. The van der Waals surface area contributed by atoms with Crippen LogP contribution in [0.25, 0.3) is 0 Å². The van der Waals surface area contributed by atoms with Gasteiger partial charge in [0.05, 0.1) is 17.1 Å². The predicted molar refractivity (Wildman–Crippen MR) is 108 cm³/mol. The third-order valence-electron chi connectivity index (χ3n) is 3.74. The molecular weight excluding hydrogens is 392 g/mol. The molecule has 0 saturated heterocycles. The number of alkyl carbamates (subject to hydrolysis) is 1. The van der Waals surface area contributed by atoms with E-state index in [4.69, 9.17) is 14.2 Å². The summed E-state index contributed by atoms with van der Waals surface area (Å²) in [5.41, 5.74) is 0.107. The zero-order valence-corrected chi connectivity index (χ0v) is 17.0. The number of carbonyl (C=O) groups is 2. The summed E-state index contributed by atoms with van der Waals surface area (Å²) in [6.07, 6.45) is -0.804. The van der Waals surface area contributed by atoms with Crippen molar-refractivity contribution in [2.45, 2.75) is 39.0 Å². The highest BCUT2D eigenvalue weighted by molar-refractivity contribution is 5.83. The van der Waals surface area contributed by atoms with Crippen molar-refractivity contribution in [1.82, 2.24) is 5.32 Å². The fourth-order valence-corrected chi connectivity index (χ4v) is 2.23. The molecule has 0 aliphatic heterocycles. The van der Waals surface area contributed by atoms with Crippen LogP contribution in [0.3, 0.4) is 0 Å². The van der Waals surface area contributed by atoms with E-state index < -0.39 is 28.6 Å². The van der Waals surface area contributed by atoms with Crippen molar-refractivity contribution >= 4 is 17.7 Å². The number of hydrogen-bond acceptors (Lipinski definition) is 7. The van der Waals surface area contributed by atoms with Crippen LogP contribution >= 0.6 is 0 Å². The monoisotopic (exact) mass is 416 g/mol. The molecule has 2 aromatic rings. The average molecular weight is 416 g/mol. The maximum Gasteiger partial charge on any atom is 0.408 e. The van der Waals surface area contributed by atoms with E-state index in [9.17, 15) is 19.7 Å². The van der Waals surface area contributed by atoms with Crippen LogP contribution in [-0.2, 0) is 20.9 Å². The van der Waals surface area contributed by atoms with E-state index in [1.807, 2.05) is 18.2 Å². The molecule has 0 bridgehead atoms. The fourth-order valence-electron chi connectivity index (χ4n) is 2.23. The average Bonchev–Trinajstić information content (AvgIpc) is 2.70. The molecule has 2 aromatic carbocycles. The number of nitro groups is 1. The number of esters is 1. The molecule has 0 aliphatic carbocycles. The van der Waals surface area contributed by atoms with Crippen molar-refractivity contribution < 1.29 is 28.7 Å². The van der Waals surface area contributed by atoms with Crippen molar-refractivity contribution in [3.8, 4) is 5.75 Å². The van der Waals surface area contributed by atoms with Gasteiger partial charge in [0, 0.05) is 12.1 Å². The Hall–Kier alpha value is -3.46. The summed E-state index contributed by atoms with van der Waals surface area (Å²) in [6.45, 7) is 5.31. The minimum Gasteiger partial charge on any atom is -0.445 e. The Morgan fingerprint density at radius 1 is 1.07 bits per heavy atom. The predicted octanol–water partition coefficient (Wildman–Crippen LogP) is 3.61. The van der Waals surface area contributed by atoms with Crippen molar-refractivity contribution in [2.75, 3.05) is 6.61 Å². The second kappa shape index (κ2) is 10.4. The van der Waals surface area contributed by atoms with Crippen molar-refractivity contribution in [3.05, 3.63) is 70.3 Å². The zero-order valence-electron chi connectivity index (χ0n) is 17.0. The van der Waals surface area contributed by atoms with Crippen molar-refractivity contribution in [2.24, 2.45) is 0 Å². The quantitative estimate of drug-likeness (QED) is 0.302. The number of nitrogens with zero attached hydrogens (tertiary/aromatic N) is 1. The molecule has 1 atom stereocenters. The third kappa shape index (κ3) is 7.88. The van der Waals surface area contributed by atoms with E-state index >= 15 is 0 Å². The highest BCUT2D eigenvalue weighted by Gasteiger charge is 2.26. The van der Waals surface area contributed by atoms with Gasteiger partial charge in [-0.1, -0.05) is 30.3 Å². The Labute approximate surface area is 174 Å². The molecule has 0 heterocycles. The second-order valence-corrected chi connectivity index (χ2v) is 7.35. The van der Waals surface area contributed by atoms with Gasteiger partial charge in [-0.25, -0.2) is 9.59 Å². The lowest BCUT2D eigenvalue weighted by molar-refractivity contribution is -0.384. The first-order valence-corrected chi connectivity index (χ1v) is 9.21. The third-order valence-corrected chi connectivity index (χ3v) is 3.74. The molecule has 0 radical (unpaired) electrons. The standard InChI is InChI=1S/C21H24N2O7/c1-21(2,3)29-14-18(22-20(25)28-13-15-7-5-4-6-8-15)19(24)30-17-11-9-16(10-12-17)23(26)27/h4-12,18H,13-14H2,1-3H3,(H,22,25)/t18-/m0/s1. The Balaban J connectivity index is 2.00. The van der Waals surface area contributed by atoms with Gasteiger partial charge in [-0.3, -0.25) is 10.1 Å². The molecule has 0 fully saturated rings. The number of benzene rings is 2. The zero-order chi connectivity index (χ0) is 22.1. The SMILES string of the molecule is CC(C)(C)OC[C@H](NC(=O)OCc1ccccc1)C(=O)Oc1ccc([N+](=O)[O-])cc1. The van der Waals surface area contributed by atoms with Gasteiger partial charge in [-0.05, 0) is 38.5 Å².